The lowest BCUT2D eigenvalue weighted by Crippen LogP contribution is -2.23. The highest BCUT2D eigenvalue weighted by Gasteiger charge is 2.23. The topological polar surface area (TPSA) is 87.7 Å². The Bertz CT molecular complexity index is 467. The summed E-state index contributed by atoms with van der Waals surface area (Å²) in [6.07, 6.45) is 2.97. The first kappa shape index (κ1) is 12.4. The number of amidine groups is 1. The molecule has 1 aliphatic carbocycles. The predicted molar refractivity (Wildman–Crippen MR) is 68.1 cm³/mol. The van der Waals surface area contributed by atoms with E-state index in [1.807, 2.05) is 12.1 Å². The Morgan fingerprint density at radius 2 is 2.28 bits per heavy atom. The van der Waals surface area contributed by atoms with Crippen LogP contribution in [0.5, 0.6) is 0 Å². The molecule has 0 aliphatic heterocycles. The van der Waals surface area contributed by atoms with Crippen molar-refractivity contribution in [3.05, 3.63) is 35.4 Å². The summed E-state index contributed by atoms with van der Waals surface area (Å²) >= 11 is 0. The van der Waals surface area contributed by atoms with Crippen LogP contribution in [0.3, 0.4) is 0 Å². The average molecular weight is 247 g/mol. The number of nitrogens with two attached hydrogens (primary N) is 1. The van der Waals surface area contributed by atoms with Gasteiger partial charge in [-0.05, 0) is 30.4 Å². The molecule has 0 bridgehead atoms. The zero-order chi connectivity index (χ0) is 13.0. The molecule has 18 heavy (non-hydrogen) atoms. The quantitative estimate of drug-likeness (QED) is 0.316. The number of nitrogens with one attached hydrogen (secondary N) is 1. The van der Waals surface area contributed by atoms with Crippen molar-refractivity contribution in [3.63, 3.8) is 0 Å². The highest BCUT2D eigenvalue weighted by atomic mass is 16.4. The Morgan fingerprint density at radius 1 is 1.50 bits per heavy atom. The molecule has 5 nitrogen and oxygen atoms in total. The number of carbonyl (C=O) groups excluding carboxylic acids is 1. The molecule has 5 heteroatoms. The highest BCUT2D eigenvalue weighted by molar-refractivity contribution is 5.97. The van der Waals surface area contributed by atoms with E-state index in [1.54, 1.807) is 12.1 Å². The zero-order valence-corrected chi connectivity index (χ0v) is 10.1. The molecule has 2 rings (SSSR count). The van der Waals surface area contributed by atoms with Crippen molar-refractivity contribution >= 4 is 11.7 Å². The molecule has 1 amide bonds. The highest BCUT2D eigenvalue weighted by Crippen LogP contribution is 2.32. The molecule has 0 heterocycles. The lowest BCUT2D eigenvalue weighted by atomic mass is 10.1. The number of hydrogen-bond acceptors (Lipinski definition) is 3. The molecule has 0 saturated heterocycles. The number of nitrogens with zero attached hydrogens (tertiary/aromatic N) is 1. The summed E-state index contributed by atoms with van der Waals surface area (Å²) in [4.78, 5) is 11.5. The maximum absolute atomic E-state index is 11.5. The van der Waals surface area contributed by atoms with E-state index in [9.17, 15) is 4.79 Å². The van der Waals surface area contributed by atoms with Gasteiger partial charge < -0.3 is 16.3 Å². The second kappa shape index (κ2) is 5.53. The van der Waals surface area contributed by atoms with Crippen molar-refractivity contribution in [1.29, 1.82) is 0 Å². The SMILES string of the molecule is NC(=NO)c1cccc(CNC(=O)CC2CC2)c1. The first-order valence-corrected chi connectivity index (χ1v) is 6.02. The van der Waals surface area contributed by atoms with E-state index in [1.165, 1.54) is 12.8 Å². The molecule has 0 radical (unpaired) electrons. The summed E-state index contributed by atoms with van der Waals surface area (Å²) < 4.78 is 0. The molecule has 1 saturated carbocycles. The average Bonchev–Trinajstić information content (AvgIpc) is 3.19. The lowest BCUT2D eigenvalue weighted by molar-refractivity contribution is -0.121. The Morgan fingerprint density at radius 3 is 2.94 bits per heavy atom. The number of amides is 1. The van der Waals surface area contributed by atoms with Crippen LogP contribution in [0.2, 0.25) is 0 Å². The summed E-state index contributed by atoms with van der Waals surface area (Å²) in [6.45, 7) is 0.470. The number of oxime groups is 1. The van der Waals surface area contributed by atoms with Crippen molar-refractivity contribution in [2.75, 3.05) is 0 Å². The fourth-order valence-corrected chi connectivity index (χ4v) is 1.76. The van der Waals surface area contributed by atoms with Gasteiger partial charge in [-0.25, -0.2) is 0 Å². The number of carbonyl (C=O) groups is 1. The molecule has 4 N–H and O–H groups in total. The van der Waals surface area contributed by atoms with Crippen LogP contribution in [-0.4, -0.2) is 17.0 Å². The minimum Gasteiger partial charge on any atom is -0.409 e. The van der Waals surface area contributed by atoms with Gasteiger partial charge in [-0.3, -0.25) is 4.79 Å². The van der Waals surface area contributed by atoms with Gasteiger partial charge in [0.15, 0.2) is 5.84 Å². The largest absolute Gasteiger partial charge is 0.409 e. The Balaban J connectivity index is 1.90. The van der Waals surface area contributed by atoms with Crippen LogP contribution >= 0.6 is 0 Å². The van der Waals surface area contributed by atoms with E-state index >= 15 is 0 Å². The third-order valence-electron chi connectivity index (χ3n) is 2.99. The van der Waals surface area contributed by atoms with Gasteiger partial charge in [-0.1, -0.05) is 23.4 Å². The van der Waals surface area contributed by atoms with Gasteiger partial charge >= 0.3 is 0 Å². The Hall–Kier alpha value is -2.04. The van der Waals surface area contributed by atoms with Gasteiger partial charge in [0.05, 0.1) is 0 Å². The van der Waals surface area contributed by atoms with Gasteiger partial charge in [0, 0.05) is 18.5 Å². The normalized spacial score (nSPS) is 15.4. The maximum Gasteiger partial charge on any atom is 0.220 e. The molecule has 0 atom stereocenters. The van der Waals surface area contributed by atoms with E-state index in [2.05, 4.69) is 10.5 Å². The van der Waals surface area contributed by atoms with Crippen molar-refractivity contribution < 1.29 is 10.0 Å². The lowest BCUT2D eigenvalue weighted by Gasteiger charge is -2.06. The molecule has 1 aromatic rings. The molecule has 1 aliphatic rings. The summed E-state index contributed by atoms with van der Waals surface area (Å²) in [7, 11) is 0. The van der Waals surface area contributed by atoms with Gasteiger partial charge in [0.1, 0.15) is 0 Å². The van der Waals surface area contributed by atoms with E-state index in [4.69, 9.17) is 10.9 Å². The molecular formula is C13H17N3O2. The van der Waals surface area contributed by atoms with E-state index in [0.29, 0.717) is 24.4 Å². The molecule has 1 fully saturated rings. The van der Waals surface area contributed by atoms with Crippen LogP contribution < -0.4 is 11.1 Å². The van der Waals surface area contributed by atoms with Crippen LogP contribution in [0.1, 0.15) is 30.4 Å². The summed E-state index contributed by atoms with van der Waals surface area (Å²) in [5, 5.41) is 14.4. The van der Waals surface area contributed by atoms with Crippen LogP contribution in [0, 0.1) is 5.92 Å². The van der Waals surface area contributed by atoms with Crippen molar-refractivity contribution in [3.8, 4) is 0 Å². The number of benzene rings is 1. The molecule has 96 valence electrons. The zero-order valence-electron chi connectivity index (χ0n) is 10.1. The molecule has 1 aromatic carbocycles. The second-order valence-electron chi connectivity index (χ2n) is 4.61. The Kier molecular flexibility index (Phi) is 3.82. The van der Waals surface area contributed by atoms with Gasteiger partial charge in [0.2, 0.25) is 5.91 Å². The third kappa shape index (κ3) is 3.48. The Labute approximate surface area is 106 Å². The van der Waals surface area contributed by atoms with Crippen molar-refractivity contribution in [2.45, 2.75) is 25.8 Å². The first-order chi connectivity index (χ1) is 8.69. The van der Waals surface area contributed by atoms with E-state index < -0.39 is 0 Å². The van der Waals surface area contributed by atoms with Crippen LogP contribution in [0.15, 0.2) is 29.4 Å². The summed E-state index contributed by atoms with van der Waals surface area (Å²) in [6, 6.07) is 7.26. The van der Waals surface area contributed by atoms with Gasteiger partial charge in [0.25, 0.3) is 0 Å². The van der Waals surface area contributed by atoms with E-state index in [0.717, 1.165) is 5.56 Å². The molecule has 0 unspecified atom stereocenters. The van der Waals surface area contributed by atoms with Gasteiger partial charge in [-0.15, -0.1) is 0 Å². The minimum atomic E-state index is 0.0705. The van der Waals surface area contributed by atoms with E-state index in [-0.39, 0.29) is 11.7 Å². The number of hydrogen-bond donors (Lipinski definition) is 3. The smallest absolute Gasteiger partial charge is 0.220 e. The summed E-state index contributed by atoms with van der Waals surface area (Å²) in [5.41, 5.74) is 7.08. The van der Waals surface area contributed by atoms with Crippen molar-refractivity contribution in [1.82, 2.24) is 5.32 Å². The minimum absolute atomic E-state index is 0.0705. The summed E-state index contributed by atoms with van der Waals surface area (Å²) in [5.74, 6) is 0.751. The number of rotatable bonds is 5. The van der Waals surface area contributed by atoms with Gasteiger partial charge in [-0.2, -0.15) is 0 Å². The van der Waals surface area contributed by atoms with Crippen LogP contribution in [0.4, 0.5) is 0 Å². The fraction of sp³-hybridized carbons (Fsp3) is 0.385. The first-order valence-electron chi connectivity index (χ1n) is 6.02. The molecule has 0 aromatic heterocycles. The molecule has 0 spiro atoms. The van der Waals surface area contributed by atoms with Crippen LogP contribution in [-0.2, 0) is 11.3 Å². The monoisotopic (exact) mass is 247 g/mol. The molecular weight excluding hydrogens is 230 g/mol. The maximum atomic E-state index is 11.5. The van der Waals surface area contributed by atoms with Crippen molar-refractivity contribution in [2.24, 2.45) is 16.8 Å². The second-order valence-corrected chi connectivity index (χ2v) is 4.61. The predicted octanol–water partition coefficient (Wildman–Crippen LogP) is 1.20. The third-order valence-corrected chi connectivity index (χ3v) is 2.99. The fourth-order valence-electron chi connectivity index (χ4n) is 1.76. The standard InChI is InChI=1S/C13H17N3O2/c14-13(16-18)11-3-1-2-10(6-11)8-15-12(17)7-9-4-5-9/h1-3,6,9,18H,4-5,7-8H2,(H2,14,16)(H,15,17). The van der Waals surface area contributed by atoms with Crippen LogP contribution in [0.25, 0.3) is 0 Å².